The molecule has 1 aromatic heterocycles. The normalized spacial score (nSPS) is 12.3. The van der Waals surface area contributed by atoms with E-state index in [-0.39, 0.29) is 22.6 Å². The smallest absolute Gasteiger partial charge is 0.336 e. The van der Waals surface area contributed by atoms with Crippen LogP contribution >= 0.6 is 0 Å². The summed E-state index contributed by atoms with van der Waals surface area (Å²) >= 11 is 0. The van der Waals surface area contributed by atoms with E-state index in [1.165, 1.54) is 18.2 Å². The highest BCUT2D eigenvalue weighted by molar-refractivity contribution is 7.89. The van der Waals surface area contributed by atoms with Gasteiger partial charge in [0.1, 0.15) is 23.1 Å². The fraction of sp³-hybridized carbons (Fsp3) is 0.267. The van der Waals surface area contributed by atoms with Crippen molar-refractivity contribution in [2.24, 2.45) is 0 Å². The molecule has 0 saturated carbocycles. The average Bonchev–Trinajstić information content (AvgIpc) is 2.92. The van der Waals surface area contributed by atoms with Gasteiger partial charge < -0.3 is 13.9 Å². The number of fused-ring (bicyclic) bond motifs is 1. The van der Waals surface area contributed by atoms with E-state index in [0.29, 0.717) is 28.7 Å². The third-order valence-electron chi connectivity index (χ3n) is 6.48. The van der Waals surface area contributed by atoms with Crippen molar-refractivity contribution < 1.29 is 27.1 Å². The maximum Gasteiger partial charge on any atom is 0.336 e. The molecule has 0 fully saturated rings. The van der Waals surface area contributed by atoms with Crippen LogP contribution in [0.1, 0.15) is 37.3 Å². The first-order valence-corrected chi connectivity index (χ1v) is 14.1. The number of methoxy groups -OCH3 is 1. The first-order chi connectivity index (χ1) is 18.6. The van der Waals surface area contributed by atoms with Gasteiger partial charge in [-0.25, -0.2) is 18.0 Å². The minimum atomic E-state index is -3.96. The summed E-state index contributed by atoms with van der Waals surface area (Å²) in [5.74, 6) is 0.126. The molecule has 0 spiro atoms. The van der Waals surface area contributed by atoms with Crippen molar-refractivity contribution >= 4 is 27.0 Å². The van der Waals surface area contributed by atoms with Gasteiger partial charge in [0.2, 0.25) is 10.0 Å². The van der Waals surface area contributed by atoms with E-state index in [1.54, 1.807) is 50.4 Å². The molecular formula is C30H31NO7S. The van der Waals surface area contributed by atoms with Gasteiger partial charge in [0.25, 0.3) is 0 Å². The molecule has 0 unspecified atom stereocenters. The summed E-state index contributed by atoms with van der Waals surface area (Å²) in [5, 5.41) is 0.666. The Hall–Kier alpha value is -3.95. The fourth-order valence-corrected chi connectivity index (χ4v) is 5.47. The van der Waals surface area contributed by atoms with E-state index in [4.69, 9.17) is 13.9 Å². The molecule has 0 aliphatic heterocycles. The maximum absolute atomic E-state index is 13.2. The number of ether oxygens (including phenoxy) is 2. The lowest BCUT2D eigenvalue weighted by molar-refractivity contribution is -0.136. The van der Waals surface area contributed by atoms with Gasteiger partial charge in [0.15, 0.2) is 0 Å². The van der Waals surface area contributed by atoms with E-state index < -0.39 is 27.7 Å². The Balaban J connectivity index is 1.65. The lowest BCUT2D eigenvalue weighted by atomic mass is 10.00. The average molecular weight is 550 g/mol. The van der Waals surface area contributed by atoms with Crippen molar-refractivity contribution in [2.45, 2.75) is 51.0 Å². The van der Waals surface area contributed by atoms with E-state index in [0.717, 1.165) is 17.5 Å². The number of aryl methyl sites for hydroxylation is 2. The largest absolute Gasteiger partial charge is 0.497 e. The maximum atomic E-state index is 13.2. The van der Waals surface area contributed by atoms with Crippen LogP contribution in [0.2, 0.25) is 0 Å². The molecule has 0 amide bonds. The van der Waals surface area contributed by atoms with E-state index in [2.05, 4.69) is 4.72 Å². The number of benzene rings is 3. The van der Waals surface area contributed by atoms with Crippen LogP contribution < -0.4 is 19.8 Å². The first kappa shape index (κ1) is 28.1. The minimum absolute atomic E-state index is 0.0668. The second-order valence-corrected chi connectivity index (χ2v) is 11.0. The molecule has 204 valence electrons. The number of hydrogen-bond acceptors (Lipinski definition) is 7. The summed E-state index contributed by atoms with van der Waals surface area (Å²) in [5.41, 5.74) is 2.56. The van der Waals surface area contributed by atoms with Crippen molar-refractivity contribution in [1.82, 2.24) is 4.72 Å². The fourth-order valence-electron chi connectivity index (χ4n) is 4.25. The molecule has 0 radical (unpaired) electrons. The molecule has 4 aromatic rings. The molecule has 0 aliphatic carbocycles. The number of sulfonamides is 1. The number of hydrogen-bond donors (Lipinski definition) is 1. The Bertz CT molecular complexity index is 1640. The quantitative estimate of drug-likeness (QED) is 0.157. The Kier molecular flexibility index (Phi) is 8.52. The van der Waals surface area contributed by atoms with Gasteiger partial charge in [0.05, 0.1) is 12.0 Å². The highest BCUT2D eigenvalue weighted by Gasteiger charge is 2.28. The minimum Gasteiger partial charge on any atom is -0.497 e. The Labute approximate surface area is 227 Å². The Morgan fingerprint density at radius 1 is 1.00 bits per heavy atom. The molecular weight excluding hydrogens is 518 g/mol. The van der Waals surface area contributed by atoms with Crippen molar-refractivity contribution in [3.05, 3.63) is 88.3 Å². The summed E-state index contributed by atoms with van der Waals surface area (Å²) in [6, 6.07) is 17.3. The standard InChI is InChI=1S/C30H31NO7S/c1-5-6-7-26(31-39(34,35)23-14-8-19(2)9-15-23)30(33)37-27-17-16-24-25(18-28(32)38-29(24)20(27)3)21-10-12-22(36-4)13-11-21/h8-18,26,31H,5-7H2,1-4H3/t26-/m1/s1. The van der Waals surface area contributed by atoms with Crippen molar-refractivity contribution in [1.29, 1.82) is 0 Å². The van der Waals surface area contributed by atoms with Crippen LogP contribution in [-0.4, -0.2) is 27.5 Å². The van der Waals surface area contributed by atoms with Crippen LogP contribution in [0.15, 0.2) is 80.8 Å². The van der Waals surface area contributed by atoms with Crippen LogP contribution in [0.4, 0.5) is 0 Å². The topological polar surface area (TPSA) is 112 Å². The van der Waals surface area contributed by atoms with Crippen molar-refractivity contribution in [3.63, 3.8) is 0 Å². The van der Waals surface area contributed by atoms with E-state index in [1.807, 2.05) is 26.0 Å². The van der Waals surface area contributed by atoms with Crippen LogP contribution in [0.3, 0.4) is 0 Å². The van der Waals surface area contributed by atoms with Crippen molar-refractivity contribution in [2.75, 3.05) is 7.11 Å². The van der Waals surface area contributed by atoms with Crippen LogP contribution in [-0.2, 0) is 14.8 Å². The van der Waals surface area contributed by atoms with Gasteiger partial charge in [0, 0.05) is 17.0 Å². The van der Waals surface area contributed by atoms with E-state index in [9.17, 15) is 18.0 Å². The van der Waals surface area contributed by atoms with Crippen LogP contribution in [0, 0.1) is 13.8 Å². The third-order valence-corrected chi connectivity index (χ3v) is 7.97. The summed E-state index contributed by atoms with van der Waals surface area (Å²) in [6.07, 6.45) is 1.65. The number of carbonyl (C=O) groups excluding carboxylic acids is 1. The predicted octanol–water partition coefficient (Wildman–Crippen LogP) is 5.53. The molecule has 1 heterocycles. The Morgan fingerprint density at radius 3 is 2.33 bits per heavy atom. The number of esters is 1. The highest BCUT2D eigenvalue weighted by Crippen LogP contribution is 2.34. The van der Waals surface area contributed by atoms with Crippen molar-refractivity contribution in [3.8, 4) is 22.6 Å². The van der Waals surface area contributed by atoms with Gasteiger partial charge in [-0.1, -0.05) is 49.6 Å². The zero-order valence-electron chi connectivity index (χ0n) is 22.3. The van der Waals surface area contributed by atoms with Gasteiger partial charge in [-0.3, -0.25) is 0 Å². The van der Waals surface area contributed by atoms with Crippen LogP contribution in [0.5, 0.6) is 11.5 Å². The lowest BCUT2D eigenvalue weighted by Crippen LogP contribution is -2.43. The summed E-state index contributed by atoms with van der Waals surface area (Å²) in [7, 11) is -2.38. The van der Waals surface area contributed by atoms with Crippen LogP contribution in [0.25, 0.3) is 22.1 Å². The number of nitrogens with one attached hydrogen (secondary N) is 1. The SMILES string of the molecule is CCCC[C@@H](NS(=O)(=O)c1ccc(C)cc1)C(=O)Oc1ccc2c(-c3ccc(OC)cc3)cc(=O)oc2c1C. The summed E-state index contributed by atoms with van der Waals surface area (Å²) in [6.45, 7) is 5.50. The number of rotatable bonds is 10. The number of carbonyl (C=O) groups is 1. The molecule has 3 aromatic carbocycles. The lowest BCUT2D eigenvalue weighted by Gasteiger charge is -2.19. The van der Waals surface area contributed by atoms with Gasteiger partial charge in [-0.05, 0) is 67.8 Å². The highest BCUT2D eigenvalue weighted by atomic mass is 32.2. The zero-order chi connectivity index (χ0) is 28.2. The van der Waals surface area contributed by atoms with Gasteiger partial charge in [-0.2, -0.15) is 4.72 Å². The molecule has 0 saturated heterocycles. The molecule has 1 N–H and O–H groups in total. The molecule has 1 atom stereocenters. The Morgan fingerprint density at radius 2 is 1.69 bits per heavy atom. The molecule has 4 rings (SSSR count). The number of unbranched alkanes of at least 4 members (excludes halogenated alkanes) is 1. The molecule has 0 aliphatic rings. The molecule has 8 nitrogen and oxygen atoms in total. The second-order valence-electron chi connectivity index (χ2n) is 9.32. The van der Waals surface area contributed by atoms with E-state index >= 15 is 0 Å². The predicted molar refractivity (Wildman–Crippen MR) is 150 cm³/mol. The monoisotopic (exact) mass is 549 g/mol. The van der Waals surface area contributed by atoms with Gasteiger partial charge >= 0.3 is 11.6 Å². The third kappa shape index (κ3) is 6.38. The summed E-state index contributed by atoms with van der Waals surface area (Å²) < 4.78 is 44.9. The van der Waals surface area contributed by atoms with Gasteiger partial charge in [-0.15, -0.1) is 0 Å². The molecule has 9 heteroatoms. The zero-order valence-corrected chi connectivity index (χ0v) is 23.1. The second kappa shape index (κ2) is 11.8. The first-order valence-electron chi connectivity index (χ1n) is 12.7. The summed E-state index contributed by atoms with van der Waals surface area (Å²) in [4.78, 5) is 25.7. The molecule has 39 heavy (non-hydrogen) atoms. The molecule has 0 bridgehead atoms.